The minimum atomic E-state index is -2.06. The molecule has 1 fully saturated rings. The Hall–Kier alpha value is -1.78. The Morgan fingerprint density at radius 2 is 1.53 bits per heavy atom. The third-order valence-electron chi connectivity index (χ3n) is 11.4. The number of esters is 1. The van der Waals surface area contributed by atoms with Crippen LogP contribution in [0.15, 0.2) is 48.5 Å². The molecule has 5 atom stereocenters. The van der Waals surface area contributed by atoms with Crippen LogP contribution in [0.2, 0.25) is 36.3 Å². The zero-order valence-corrected chi connectivity index (χ0v) is 33.7. The molecule has 1 unspecified atom stereocenters. The predicted molar refractivity (Wildman–Crippen MR) is 201 cm³/mol. The number of ether oxygens (including phenoxy) is 1. The first kappa shape index (κ1) is 39.7. The number of benzene rings is 2. The molecule has 2 aromatic rings. The Morgan fingerprint density at radius 3 is 2.11 bits per heavy atom. The highest BCUT2D eigenvalue weighted by atomic mass is 28.4. The summed E-state index contributed by atoms with van der Waals surface area (Å²) in [5.41, 5.74) is 4.44. The number of carbonyl (C=O) groups is 1. The van der Waals surface area contributed by atoms with Crippen molar-refractivity contribution in [3.63, 3.8) is 0 Å². The molecule has 1 aliphatic carbocycles. The third kappa shape index (κ3) is 10.4. The number of unbranched alkanes of at least 4 members (excludes halogenated alkanes) is 2. The molecule has 1 saturated carbocycles. The molecular weight excluding hydrogens is 617 g/mol. The van der Waals surface area contributed by atoms with E-state index in [1.54, 1.807) is 0 Å². The van der Waals surface area contributed by atoms with E-state index in [1.165, 1.54) is 31.1 Å². The minimum Gasteiger partial charge on any atom is -0.469 e. The molecule has 0 aliphatic heterocycles. The van der Waals surface area contributed by atoms with Crippen LogP contribution < -0.4 is 0 Å². The van der Waals surface area contributed by atoms with Gasteiger partial charge in [-0.3, -0.25) is 4.79 Å². The van der Waals surface area contributed by atoms with Gasteiger partial charge >= 0.3 is 5.97 Å². The SMILES string of the molecule is CCCCC[C@H](O[Si](C)(C)C(C)(C)C)c1ccc([C@@H]2C([C@@H](O)c3cccc(CCC(=O)OC)c3)CC[C@H]2O[Si](C)(C)C(C)(C)C)cc1. The van der Waals surface area contributed by atoms with E-state index in [4.69, 9.17) is 13.6 Å². The van der Waals surface area contributed by atoms with Crippen LogP contribution in [0.4, 0.5) is 0 Å². The van der Waals surface area contributed by atoms with Gasteiger partial charge in [0, 0.05) is 12.3 Å². The van der Waals surface area contributed by atoms with E-state index >= 15 is 0 Å². The minimum absolute atomic E-state index is 0.0234. The van der Waals surface area contributed by atoms with Crippen molar-refractivity contribution < 1.29 is 23.5 Å². The zero-order chi connectivity index (χ0) is 35.2. The van der Waals surface area contributed by atoms with Crippen LogP contribution in [0.1, 0.15) is 134 Å². The van der Waals surface area contributed by atoms with Crippen LogP contribution in [0.25, 0.3) is 0 Å². The van der Waals surface area contributed by atoms with Crippen LogP contribution in [0, 0.1) is 5.92 Å². The van der Waals surface area contributed by atoms with Crippen molar-refractivity contribution in [1.82, 2.24) is 0 Å². The molecule has 3 rings (SSSR count). The summed E-state index contributed by atoms with van der Waals surface area (Å²) in [7, 11) is -2.60. The average molecular weight is 683 g/mol. The maximum Gasteiger partial charge on any atom is 0.305 e. The molecule has 0 radical (unpaired) electrons. The monoisotopic (exact) mass is 682 g/mol. The summed E-state index contributed by atoms with van der Waals surface area (Å²) in [6, 6.07) is 17.3. The number of methoxy groups -OCH3 is 1. The van der Waals surface area contributed by atoms with Crippen molar-refractivity contribution >= 4 is 22.6 Å². The number of hydrogen-bond donors (Lipinski definition) is 1. The highest BCUT2D eigenvalue weighted by Gasteiger charge is 2.47. The Morgan fingerprint density at radius 1 is 0.894 bits per heavy atom. The molecule has 0 heterocycles. The Kier molecular flexibility index (Phi) is 13.7. The molecule has 0 saturated heterocycles. The molecule has 264 valence electrons. The second kappa shape index (κ2) is 16.3. The van der Waals surface area contributed by atoms with Gasteiger partial charge in [0.1, 0.15) is 0 Å². The fourth-order valence-electron chi connectivity index (χ4n) is 6.36. The molecule has 47 heavy (non-hydrogen) atoms. The van der Waals surface area contributed by atoms with Crippen LogP contribution in [0.5, 0.6) is 0 Å². The molecule has 0 amide bonds. The average Bonchev–Trinajstić information content (AvgIpc) is 3.40. The van der Waals surface area contributed by atoms with E-state index in [1.807, 2.05) is 18.2 Å². The number of aryl methyl sites for hydroxylation is 1. The van der Waals surface area contributed by atoms with E-state index in [-0.39, 0.29) is 40.1 Å². The van der Waals surface area contributed by atoms with Gasteiger partial charge in [0.2, 0.25) is 0 Å². The summed E-state index contributed by atoms with van der Waals surface area (Å²) in [4.78, 5) is 11.8. The summed E-state index contributed by atoms with van der Waals surface area (Å²) in [6.45, 7) is 25.5. The quantitative estimate of drug-likeness (QED) is 0.115. The van der Waals surface area contributed by atoms with Gasteiger partial charge in [0.15, 0.2) is 16.6 Å². The largest absolute Gasteiger partial charge is 0.469 e. The van der Waals surface area contributed by atoms with Crippen LogP contribution in [0.3, 0.4) is 0 Å². The standard InChI is InChI=1S/C40H66O5Si2/c1-13-14-15-19-34(44-46(9,10)39(2,3)4)30-21-23-31(24-22-30)37-33(25-26-35(37)45-47(11,12)40(5,6)7)38(42)32-18-16-17-29(28-32)20-27-36(41)43-8/h16-18,21-24,28,33-35,37-38,42H,13-15,19-20,25-27H2,1-12H3/t33?,34-,35+,37+,38-/m0/s1. The molecule has 7 heteroatoms. The van der Waals surface area contributed by atoms with Gasteiger partial charge in [-0.15, -0.1) is 0 Å². The van der Waals surface area contributed by atoms with Crippen LogP contribution >= 0.6 is 0 Å². The molecule has 1 N–H and O–H groups in total. The second-order valence-corrected chi connectivity index (χ2v) is 26.5. The predicted octanol–water partition coefficient (Wildman–Crippen LogP) is 11.1. The summed E-state index contributed by atoms with van der Waals surface area (Å²) in [5, 5.41) is 12.2. The Labute approximate surface area is 289 Å². The first-order chi connectivity index (χ1) is 21.8. The summed E-state index contributed by atoms with van der Waals surface area (Å²) < 4.78 is 19.0. The van der Waals surface area contributed by atoms with Crippen molar-refractivity contribution in [3.8, 4) is 0 Å². The third-order valence-corrected chi connectivity index (χ3v) is 20.4. The van der Waals surface area contributed by atoms with Crippen molar-refractivity contribution in [2.75, 3.05) is 7.11 Å². The smallest absolute Gasteiger partial charge is 0.305 e. The molecule has 0 spiro atoms. The van der Waals surface area contributed by atoms with Gasteiger partial charge in [-0.2, -0.15) is 0 Å². The molecule has 1 aliphatic rings. The van der Waals surface area contributed by atoms with E-state index in [0.29, 0.717) is 12.8 Å². The van der Waals surface area contributed by atoms with Crippen molar-refractivity contribution in [2.45, 2.75) is 160 Å². The Bertz CT molecular complexity index is 1270. The van der Waals surface area contributed by atoms with Gasteiger partial charge in [0.05, 0.1) is 25.4 Å². The van der Waals surface area contributed by atoms with Gasteiger partial charge in [0.25, 0.3) is 0 Å². The first-order valence-electron chi connectivity index (χ1n) is 18.1. The maximum atomic E-state index is 12.0. The molecule has 0 aromatic heterocycles. The van der Waals surface area contributed by atoms with Crippen molar-refractivity contribution in [1.29, 1.82) is 0 Å². The highest BCUT2D eigenvalue weighted by Crippen LogP contribution is 2.50. The lowest BCUT2D eigenvalue weighted by molar-refractivity contribution is -0.140. The second-order valence-electron chi connectivity index (χ2n) is 17.0. The maximum absolute atomic E-state index is 12.0. The number of hydrogen-bond acceptors (Lipinski definition) is 5. The fourth-order valence-corrected chi connectivity index (χ4v) is 9.06. The first-order valence-corrected chi connectivity index (χ1v) is 23.9. The number of aliphatic hydroxyl groups is 1. The fraction of sp³-hybridized carbons (Fsp3) is 0.675. The zero-order valence-electron chi connectivity index (χ0n) is 31.7. The molecular formula is C40H66O5Si2. The Balaban J connectivity index is 1.97. The summed E-state index contributed by atoms with van der Waals surface area (Å²) >= 11 is 0. The van der Waals surface area contributed by atoms with Crippen molar-refractivity contribution in [2.24, 2.45) is 5.92 Å². The van der Waals surface area contributed by atoms with E-state index < -0.39 is 22.7 Å². The van der Waals surface area contributed by atoms with Gasteiger partial charge in [-0.05, 0) is 90.1 Å². The van der Waals surface area contributed by atoms with E-state index in [2.05, 4.69) is 105 Å². The highest BCUT2D eigenvalue weighted by molar-refractivity contribution is 6.74. The summed E-state index contributed by atoms with van der Waals surface area (Å²) in [6.07, 6.45) is 6.86. The van der Waals surface area contributed by atoms with Crippen molar-refractivity contribution in [3.05, 3.63) is 70.8 Å². The van der Waals surface area contributed by atoms with Crippen LogP contribution in [-0.4, -0.2) is 40.9 Å². The topological polar surface area (TPSA) is 65.0 Å². The van der Waals surface area contributed by atoms with E-state index in [0.717, 1.165) is 36.8 Å². The normalized spacial score (nSPS) is 20.7. The number of carbonyl (C=O) groups excluding carboxylic acids is 1. The number of rotatable bonds is 15. The van der Waals surface area contributed by atoms with E-state index in [9.17, 15) is 9.90 Å². The lowest BCUT2D eigenvalue weighted by atomic mass is 9.81. The molecule has 5 nitrogen and oxygen atoms in total. The van der Waals surface area contributed by atoms with Gasteiger partial charge in [-0.25, -0.2) is 0 Å². The molecule has 0 bridgehead atoms. The molecule has 2 aromatic carbocycles. The number of aliphatic hydroxyl groups excluding tert-OH is 1. The summed E-state index contributed by atoms with van der Waals surface area (Å²) in [5.74, 6) is -0.120. The van der Waals surface area contributed by atoms with Crippen LogP contribution in [-0.2, 0) is 24.8 Å². The van der Waals surface area contributed by atoms with Gasteiger partial charge in [-0.1, -0.05) is 116 Å². The lowest BCUT2D eigenvalue weighted by Crippen LogP contribution is -2.45. The lowest BCUT2D eigenvalue weighted by Gasteiger charge is -2.41. The van der Waals surface area contributed by atoms with Gasteiger partial charge < -0.3 is 18.7 Å².